The highest BCUT2D eigenvalue weighted by Crippen LogP contribution is 2.26. The average molecular weight is 242 g/mol. The Kier molecular flexibility index (Phi) is 3.13. The van der Waals surface area contributed by atoms with Gasteiger partial charge in [0.1, 0.15) is 12.4 Å². The van der Waals surface area contributed by atoms with Crippen molar-refractivity contribution < 1.29 is 4.79 Å². The van der Waals surface area contributed by atoms with Crippen LogP contribution < -0.4 is 0 Å². The van der Waals surface area contributed by atoms with Gasteiger partial charge in [-0.1, -0.05) is 49.6 Å². The normalized spacial score (nSPS) is 21.2. The van der Waals surface area contributed by atoms with Crippen molar-refractivity contribution in [1.29, 1.82) is 0 Å². The summed E-state index contributed by atoms with van der Waals surface area (Å²) in [4.78, 5) is 18.1. The number of amides is 1. The Balaban J connectivity index is 1.86. The van der Waals surface area contributed by atoms with Crippen molar-refractivity contribution in [2.24, 2.45) is 4.99 Å². The average Bonchev–Trinajstić information content (AvgIpc) is 2.83. The molecule has 3 nitrogen and oxygen atoms in total. The van der Waals surface area contributed by atoms with E-state index in [9.17, 15) is 4.79 Å². The van der Waals surface area contributed by atoms with Gasteiger partial charge in [-0.05, 0) is 12.8 Å². The summed E-state index contributed by atoms with van der Waals surface area (Å²) in [5, 5.41) is 0. The minimum absolute atomic E-state index is 0.000531. The maximum atomic E-state index is 11.7. The summed E-state index contributed by atoms with van der Waals surface area (Å²) in [6, 6.07) is 10.6. The molecule has 94 valence electrons. The second kappa shape index (κ2) is 4.92. The molecule has 1 amide bonds. The maximum Gasteiger partial charge on any atom is 0.267 e. The molecule has 0 aromatic heterocycles. The zero-order chi connectivity index (χ0) is 12.4. The first kappa shape index (κ1) is 11.5. The van der Waals surface area contributed by atoms with Gasteiger partial charge in [0.25, 0.3) is 5.91 Å². The fourth-order valence-electron chi connectivity index (χ4n) is 2.95. The first-order chi connectivity index (χ1) is 8.84. The molecule has 1 fully saturated rings. The maximum absolute atomic E-state index is 11.7. The van der Waals surface area contributed by atoms with Gasteiger partial charge in [-0.3, -0.25) is 4.79 Å². The third-order valence-electron chi connectivity index (χ3n) is 3.86. The predicted octanol–water partition coefficient (Wildman–Crippen LogP) is 2.61. The monoisotopic (exact) mass is 242 g/mol. The lowest BCUT2D eigenvalue weighted by Crippen LogP contribution is -2.40. The van der Waals surface area contributed by atoms with Crippen LogP contribution in [0, 0.1) is 0 Å². The lowest BCUT2D eigenvalue weighted by Gasteiger charge is -2.32. The van der Waals surface area contributed by atoms with E-state index in [1.54, 1.807) is 0 Å². The lowest BCUT2D eigenvalue weighted by atomic mass is 9.94. The second-order valence-electron chi connectivity index (χ2n) is 5.11. The van der Waals surface area contributed by atoms with Gasteiger partial charge in [-0.15, -0.1) is 0 Å². The van der Waals surface area contributed by atoms with Gasteiger partial charge in [0.2, 0.25) is 0 Å². The number of hydrogen-bond donors (Lipinski definition) is 0. The highest BCUT2D eigenvalue weighted by Gasteiger charge is 2.31. The van der Waals surface area contributed by atoms with E-state index in [0.717, 1.165) is 11.4 Å². The van der Waals surface area contributed by atoms with E-state index < -0.39 is 0 Å². The first-order valence-electron chi connectivity index (χ1n) is 6.78. The Morgan fingerprint density at radius 1 is 1.06 bits per heavy atom. The molecule has 1 heterocycles. The van der Waals surface area contributed by atoms with Crippen molar-refractivity contribution in [1.82, 2.24) is 4.90 Å². The molecule has 0 saturated heterocycles. The highest BCUT2D eigenvalue weighted by atomic mass is 16.2. The topological polar surface area (TPSA) is 32.7 Å². The molecule has 18 heavy (non-hydrogen) atoms. The third-order valence-corrected chi connectivity index (χ3v) is 3.86. The summed E-state index contributed by atoms with van der Waals surface area (Å²) in [6.07, 6.45) is 6.27. The smallest absolute Gasteiger partial charge is 0.267 e. The Morgan fingerprint density at radius 2 is 1.78 bits per heavy atom. The van der Waals surface area contributed by atoms with Gasteiger partial charge >= 0.3 is 0 Å². The summed E-state index contributed by atoms with van der Waals surface area (Å²) in [5.74, 6) is 0.881. The highest BCUT2D eigenvalue weighted by molar-refractivity contribution is 6.10. The molecule has 1 aliphatic carbocycles. The number of benzene rings is 1. The van der Waals surface area contributed by atoms with Gasteiger partial charge in [-0.25, -0.2) is 0 Å². The molecule has 1 aliphatic heterocycles. The van der Waals surface area contributed by atoms with Crippen molar-refractivity contribution >= 4 is 11.7 Å². The van der Waals surface area contributed by atoms with E-state index in [1.165, 1.54) is 32.1 Å². The van der Waals surface area contributed by atoms with E-state index in [1.807, 2.05) is 30.3 Å². The van der Waals surface area contributed by atoms with Crippen LogP contribution >= 0.6 is 0 Å². The SMILES string of the molecule is O=C1CN(C2CCCCC2)C(c2ccccc2)=N1. The van der Waals surface area contributed by atoms with Crippen molar-refractivity contribution in [3.63, 3.8) is 0 Å². The third kappa shape index (κ3) is 2.17. The van der Waals surface area contributed by atoms with Crippen LogP contribution in [0.1, 0.15) is 37.7 Å². The van der Waals surface area contributed by atoms with E-state index in [4.69, 9.17) is 0 Å². The number of carbonyl (C=O) groups excluding carboxylic acids is 1. The molecule has 1 saturated carbocycles. The zero-order valence-electron chi connectivity index (χ0n) is 10.5. The molecule has 0 unspecified atom stereocenters. The summed E-state index contributed by atoms with van der Waals surface area (Å²) in [6.45, 7) is 0.467. The molecule has 3 heteroatoms. The van der Waals surface area contributed by atoms with Crippen molar-refractivity contribution in [2.45, 2.75) is 38.1 Å². The van der Waals surface area contributed by atoms with Crippen LogP contribution in [0.2, 0.25) is 0 Å². The van der Waals surface area contributed by atoms with Gasteiger partial charge in [-0.2, -0.15) is 4.99 Å². The van der Waals surface area contributed by atoms with Gasteiger partial charge < -0.3 is 4.90 Å². The fraction of sp³-hybridized carbons (Fsp3) is 0.467. The quantitative estimate of drug-likeness (QED) is 0.798. The molecular formula is C15H18N2O. The van der Waals surface area contributed by atoms with Crippen LogP contribution in [0.5, 0.6) is 0 Å². The number of hydrogen-bond acceptors (Lipinski definition) is 2. The van der Waals surface area contributed by atoms with Crippen molar-refractivity contribution in [3.8, 4) is 0 Å². The molecule has 1 aromatic rings. The Bertz CT molecular complexity index is 461. The van der Waals surface area contributed by atoms with Crippen LogP contribution in [-0.4, -0.2) is 29.2 Å². The van der Waals surface area contributed by atoms with Crippen LogP contribution in [0.4, 0.5) is 0 Å². The predicted molar refractivity (Wildman–Crippen MR) is 71.6 cm³/mol. The summed E-state index contributed by atoms with van der Waals surface area (Å²) in [7, 11) is 0. The summed E-state index contributed by atoms with van der Waals surface area (Å²) >= 11 is 0. The number of nitrogens with zero attached hydrogens (tertiary/aromatic N) is 2. The zero-order valence-corrected chi connectivity index (χ0v) is 10.5. The number of rotatable bonds is 2. The molecule has 0 atom stereocenters. The minimum atomic E-state index is -0.000531. The van der Waals surface area contributed by atoms with Crippen LogP contribution in [0.25, 0.3) is 0 Å². The van der Waals surface area contributed by atoms with Gasteiger partial charge in [0, 0.05) is 11.6 Å². The molecular weight excluding hydrogens is 224 g/mol. The van der Waals surface area contributed by atoms with E-state index in [0.29, 0.717) is 12.6 Å². The molecule has 2 aliphatic rings. The second-order valence-corrected chi connectivity index (χ2v) is 5.11. The lowest BCUT2D eigenvalue weighted by molar-refractivity contribution is -0.117. The Morgan fingerprint density at radius 3 is 2.50 bits per heavy atom. The van der Waals surface area contributed by atoms with Gasteiger partial charge in [0.05, 0.1) is 0 Å². The molecule has 0 radical (unpaired) electrons. The van der Waals surface area contributed by atoms with E-state index in [-0.39, 0.29) is 5.91 Å². The van der Waals surface area contributed by atoms with Crippen LogP contribution in [0.15, 0.2) is 35.3 Å². The van der Waals surface area contributed by atoms with E-state index in [2.05, 4.69) is 9.89 Å². The van der Waals surface area contributed by atoms with Crippen LogP contribution in [-0.2, 0) is 4.79 Å². The number of amidine groups is 1. The van der Waals surface area contributed by atoms with Gasteiger partial charge in [0.15, 0.2) is 0 Å². The first-order valence-corrected chi connectivity index (χ1v) is 6.78. The standard InChI is InChI=1S/C15H18N2O/c18-14-11-17(13-9-5-2-6-10-13)15(16-14)12-7-3-1-4-8-12/h1,3-4,7-8,13H,2,5-6,9-11H2. The Labute approximate surface area is 108 Å². The number of aliphatic imine (C=N–C) groups is 1. The largest absolute Gasteiger partial charge is 0.344 e. The number of carbonyl (C=O) groups is 1. The molecule has 0 N–H and O–H groups in total. The molecule has 0 spiro atoms. The van der Waals surface area contributed by atoms with Crippen LogP contribution in [0.3, 0.4) is 0 Å². The fourth-order valence-corrected chi connectivity index (χ4v) is 2.95. The van der Waals surface area contributed by atoms with Crippen molar-refractivity contribution in [3.05, 3.63) is 35.9 Å². The summed E-state index contributed by atoms with van der Waals surface area (Å²) in [5.41, 5.74) is 1.06. The van der Waals surface area contributed by atoms with Crippen molar-refractivity contribution in [2.75, 3.05) is 6.54 Å². The van der Waals surface area contributed by atoms with E-state index >= 15 is 0 Å². The molecule has 0 bridgehead atoms. The minimum Gasteiger partial charge on any atom is -0.344 e. The Hall–Kier alpha value is -1.64. The molecule has 1 aromatic carbocycles. The molecule has 3 rings (SSSR count). The summed E-state index contributed by atoms with van der Waals surface area (Å²) < 4.78 is 0.